The van der Waals surface area contributed by atoms with E-state index in [2.05, 4.69) is 46.8 Å². The van der Waals surface area contributed by atoms with Crippen molar-refractivity contribution >= 4 is 29.1 Å². The molecule has 1 aliphatic carbocycles. The first-order chi connectivity index (χ1) is 19.2. The molecule has 212 valence electrons. The molecule has 9 nitrogen and oxygen atoms in total. The third kappa shape index (κ3) is 7.09. The average Bonchev–Trinajstić information content (AvgIpc) is 2.94. The monoisotopic (exact) mass is 542 g/mol. The van der Waals surface area contributed by atoms with Crippen LogP contribution < -0.4 is 32.6 Å². The molecule has 1 heterocycles. The van der Waals surface area contributed by atoms with Crippen LogP contribution in [-0.4, -0.2) is 29.4 Å². The van der Waals surface area contributed by atoms with Gasteiger partial charge in [0.1, 0.15) is 5.82 Å². The molecule has 2 amide bonds. The number of amidine groups is 1. The van der Waals surface area contributed by atoms with Gasteiger partial charge in [-0.25, -0.2) is 15.6 Å². The smallest absolute Gasteiger partial charge is 0.323 e. The third-order valence-electron chi connectivity index (χ3n) is 7.61. The largest absolute Gasteiger partial charge is 0.354 e. The van der Waals surface area contributed by atoms with E-state index in [0.717, 1.165) is 48.4 Å². The number of carbonyl (C=O) groups is 1. The highest BCUT2D eigenvalue weighted by Crippen LogP contribution is 2.39. The van der Waals surface area contributed by atoms with E-state index >= 15 is 0 Å². The Kier molecular flexibility index (Phi) is 9.26. The van der Waals surface area contributed by atoms with Gasteiger partial charge in [-0.3, -0.25) is 0 Å². The van der Waals surface area contributed by atoms with Gasteiger partial charge >= 0.3 is 6.03 Å². The van der Waals surface area contributed by atoms with Crippen molar-refractivity contribution in [3.63, 3.8) is 0 Å². The van der Waals surface area contributed by atoms with Crippen molar-refractivity contribution in [3.8, 4) is 11.3 Å². The molecule has 4 rings (SSSR count). The lowest BCUT2D eigenvalue weighted by atomic mass is 9.75. The second-order valence-electron chi connectivity index (χ2n) is 11.3. The number of nitrogens with zero attached hydrogens (tertiary/aromatic N) is 3. The Morgan fingerprint density at radius 1 is 1.05 bits per heavy atom. The number of nitrogens with two attached hydrogens (primary N) is 2. The zero-order chi connectivity index (χ0) is 28.7. The van der Waals surface area contributed by atoms with E-state index in [9.17, 15) is 4.79 Å². The number of rotatable bonds is 8. The van der Waals surface area contributed by atoms with Crippen LogP contribution in [0.3, 0.4) is 0 Å². The Hall–Kier alpha value is -4.11. The van der Waals surface area contributed by atoms with Gasteiger partial charge in [-0.2, -0.15) is 5.10 Å². The lowest BCUT2D eigenvalue weighted by Crippen LogP contribution is -2.41. The van der Waals surface area contributed by atoms with E-state index in [1.807, 2.05) is 67.6 Å². The Bertz CT molecular complexity index is 1330. The van der Waals surface area contributed by atoms with Crippen LogP contribution in [-0.2, 0) is 0 Å². The SMILES string of the molecule is CCCN(c1cc(NC(=O)Nc2ccc(C)cc2)cc(-c2ccccc2/C(=N/N)NN)n1)C1CCC(C)(C)CC1. The fourth-order valence-electron chi connectivity index (χ4n) is 5.32. The van der Waals surface area contributed by atoms with Gasteiger partial charge < -0.3 is 26.8 Å². The molecule has 0 bridgehead atoms. The first-order valence-electron chi connectivity index (χ1n) is 14.0. The number of aryl methyl sites for hydroxylation is 1. The number of benzene rings is 2. The number of amides is 2. The Labute approximate surface area is 237 Å². The highest BCUT2D eigenvalue weighted by molar-refractivity contribution is 6.04. The van der Waals surface area contributed by atoms with Crippen molar-refractivity contribution in [1.82, 2.24) is 10.4 Å². The molecular formula is C31H42N8O. The van der Waals surface area contributed by atoms with Crippen molar-refractivity contribution in [2.45, 2.75) is 65.8 Å². The molecule has 40 heavy (non-hydrogen) atoms. The van der Waals surface area contributed by atoms with Crippen molar-refractivity contribution in [2.24, 2.45) is 22.2 Å². The summed E-state index contributed by atoms with van der Waals surface area (Å²) in [6.45, 7) is 9.76. The number of urea groups is 1. The standard InChI is InChI=1S/C31H42N8O/c1-5-18-39(24-14-16-31(3,4)17-15-24)28-20-23(35-30(40)34-22-12-10-21(2)11-13-22)19-27(36-28)25-8-6-7-9-26(25)29(37-32)38-33/h6-13,19-20,24H,5,14-18,32-33H2,1-4H3,(H,37,38)(H2,34,35,36,40). The van der Waals surface area contributed by atoms with Crippen LogP contribution >= 0.6 is 0 Å². The summed E-state index contributed by atoms with van der Waals surface area (Å²) < 4.78 is 0. The minimum atomic E-state index is -0.325. The summed E-state index contributed by atoms with van der Waals surface area (Å²) in [5.74, 6) is 12.5. The molecule has 0 spiro atoms. The molecule has 1 fully saturated rings. The maximum Gasteiger partial charge on any atom is 0.323 e. The number of pyridine rings is 1. The van der Waals surface area contributed by atoms with Gasteiger partial charge in [0.15, 0.2) is 5.84 Å². The maximum atomic E-state index is 13.0. The van der Waals surface area contributed by atoms with Crippen LogP contribution in [0.4, 0.5) is 22.0 Å². The summed E-state index contributed by atoms with van der Waals surface area (Å²) in [5, 5.41) is 9.78. The van der Waals surface area contributed by atoms with Crippen molar-refractivity contribution in [2.75, 3.05) is 22.1 Å². The summed E-state index contributed by atoms with van der Waals surface area (Å²) in [6.07, 6.45) is 5.53. The van der Waals surface area contributed by atoms with Crippen molar-refractivity contribution < 1.29 is 4.79 Å². The number of hydrazone groups is 1. The Morgan fingerprint density at radius 2 is 1.73 bits per heavy atom. The summed E-state index contributed by atoms with van der Waals surface area (Å²) >= 11 is 0. The normalized spacial score (nSPS) is 15.4. The number of nitrogens with one attached hydrogen (secondary N) is 3. The Morgan fingerprint density at radius 3 is 2.38 bits per heavy atom. The first kappa shape index (κ1) is 28.9. The number of hydrazine groups is 1. The maximum absolute atomic E-state index is 13.0. The molecule has 1 saturated carbocycles. The molecule has 0 aliphatic heterocycles. The molecule has 7 N–H and O–H groups in total. The molecule has 0 atom stereocenters. The van der Waals surface area contributed by atoms with Gasteiger partial charge in [0.25, 0.3) is 0 Å². The van der Waals surface area contributed by atoms with Crippen LogP contribution in [0.25, 0.3) is 11.3 Å². The van der Waals surface area contributed by atoms with Gasteiger partial charge in [0.05, 0.1) is 5.69 Å². The summed E-state index contributed by atoms with van der Waals surface area (Å²) in [6, 6.07) is 19.3. The van der Waals surface area contributed by atoms with E-state index < -0.39 is 0 Å². The third-order valence-corrected chi connectivity index (χ3v) is 7.61. The van der Waals surface area contributed by atoms with Gasteiger partial charge in [-0.1, -0.05) is 62.7 Å². The fourth-order valence-corrected chi connectivity index (χ4v) is 5.32. The number of hydrogen-bond donors (Lipinski definition) is 5. The molecule has 9 heteroatoms. The summed E-state index contributed by atoms with van der Waals surface area (Å²) in [7, 11) is 0. The molecule has 1 aliphatic rings. The zero-order valence-corrected chi connectivity index (χ0v) is 24.0. The summed E-state index contributed by atoms with van der Waals surface area (Å²) in [5.41, 5.74) is 7.63. The van der Waals surface area contributed by atoms with E-state index in [1.165, 1.54) is 12.8 Å². The lowest BCUT2D eigenvalue weighted by Gasteiger charge is -2.41. The van der Waals surface area contributed by atoms with Crippen molar-refractivity contribution in [3.05, 3.63) is 71.8 Å². The quantitative estimate of drug-likeness (QED) is 0.103. The van der Waals surface area contributed by atoms with Gasteiger partial charge in [0, 0.05) is 41.2 Å². The molecular weight excluding hydrogens is 500 g/mol. The van der Waals surface area contributed by atoms with Crippen LogP contribution in [0.5, 0.6) is 0 Å². The lowest BCUT2D eigenvalue weighted by molar-refractivity contribution is 0.219. The highest BCUT2D eigenvalue weighted by Gasteiger charge is 2.31. The van der Waals surface area contributed by atoms with Gasteiger partial charge in [-0.05, 0) is 62.6 Å². The zero-order valence-electron chi connectivity index (χ0n) is 24.0. The molecule has 2 aromatic carbocycles. The van der Waals surface area contributed by atoms with E-state index in [-0.39, 0.29) is 6.03 Å². The second-order valence-corrected chi connectivity index (χ2v) is 11.3. The second kappa shape index (κ2) is 12.8. The Balaban J connectivity index is 1.74. The number of aromatic nitrogens is 1. The highest BCUT2D eigenvalue weighted by atomic mass is 16.2. The molecule has 0 unspecified atom stereocenters. The van der Waals surface area contributed by atoms with Crippen LogP contribution in [0.2, 0.25) is 0 Å². The molecule has 1 aromatic heterocycles. The minimum Gasteiger partial charge on any atom is -0.354 e. The minimum absolute atomic E-state index is 0.325. The fraction of sp³-hybridized carbons (Fsp3) is 0.387. The molecule has 0 saturated heterocycles. The molecule has 3 aromatic rings. The van der Waals surface area contributed by atoms with Gasteiger partial charge in [0.2, 0.25) is 0 Å². The first-order valence-corrected chi connectivity index (χ1v) is 14.0. The van der Waals surface area contributed by atoms with Crippen molar-refractivity contribution in [1.29, 1.82) is 0 Å². The topological polar surface area (TPSA) is 134 Å². The predicted molar refractivity (Wildman–Crippen MR) is 165 cm³/mol. The average molecular weight is 543 g/mol. The number of carbonyl (C=O) groups excluding carboxylic acids is 1. The van der Waals surface area contributed by atoms with Crippen LogP contribution in [0, 0.1) is 12.3 Å². The van der Waals surface area contributed by atoms with E-state index in [0.29, 0.717) is 34.2 Å². The van der Waals surface area contributed by atoms with Gasteiger partial charge in [-0.15, -0.1) is 0 Å². The number of hydrogen-bond acceptors (Lipinski definition) is 6. The van der Waals surface area contributed by atoms with E-state index in [1.54, 1.807) is 0 Å². The summed E-state index contributed by atoms with van der Waals surface area (Å²) in [4.78, 5) is 20.6. The van der Waals surface area contributed by atoms with E-state index in [4.69, 9.17) is 16.7 Å². The predicted octanol–water partition coefficient (Wildman–Crippen LogP) is 5.97. The van der Waals surface area contributed by atoms with Crippen LogP contribution in [0.15, 0.2) is 65.8 Å². The van der Waals surface area contributed by atoms with Crippen LogP contribution in [0.1, 0.15) is 64.0 Å². The molecule has 0 radical (unpaired) electrons. The number of anilines is 3.